The van der Waals surface area contributed by atoms with Gasteiger partial charge in [0.1, 0.15) is 0 Å². The van der Waals surface area contributed by atoms with Gasteiger partial charge >= 0.3 is 162 Å². The predicted molar refractivity (Wildman–Crippen MR) is 104 cm³/mol. The van der Waals surface area contributed by atoms with E-state index in [0.717, 1.165) is 32.8 Å². The van der Waals surface area contributed by atoms with E-state index in [9.17, 15) is 4.79 Å². The van der Waals surface area contributed by atoms with Crippen molar-refractivity contribution in [3.8, 4) is 11.3 Å². The molecule has 3 rings (SSSR count). The van der Waals surface area contributed by atoms with Crippen LogP contribution in [0.15, 0.2) is 48.7 Å². The third kappa shape index (κ3) is 4.21. The molecule has 3 aromatic rings. The second kappa shape index (κ2) is 8.01. The number of halogens is 2. The van der Waals surface area contributed by atoms with Crippen LogP contribution in [0.5, 0.6) is 0 Å². The second-order valence-corrected chi connectivity index (χ2v) is 8.57. The summed E-state index contributed by atoms with van der Waals surface area (Å²) in [5, 5.41) is 2.05. The van der Waals surface area contributed by atoms with Gasteiger partial charge in [-0.2, -0.15) is 0 Å². The van der Waals surface area contributed by atoms with Gasteiger partial charge in [-0.05, 0) is 0 Å². The van der Waals surface area contributed by atoms with E-state index in [1.807, 2.05) is 30.3 Å². The molecule has 0 radical (unpaired) electrons. The SMILES string of the molecule is Nc1ncc(-c2ccc(C=O)cc2)nc1[AsH]Cc1c(Cl)cccc1Cl. The van der Waals surface area contributed by atoms with E-state index in [-0.39, 0.29) is 0 Å². The molecule has 2 N–H and O–H groups in total. The van der Waals surface area contributed by atoms with Gasteiger partial charge < -0.3 is 0 Å². The van der Waals surface area contributed by atoms with Crippen LogP contribution in [0, 0.1) is 0 Å². The fourth-order valence-corrected chi connectivity index (χ4v) is 5.73. The molecule has 2 aromatic carbocycles. The normalized spacial score (nSPS) is 11.1. The van der Waals surface area contributed by atoms with Gasteiger partial charge in [0.15, 0.2) is 0 Å². The fourth-order valence-electron chi connectivity index (χ4n) is 2.27. The van der Waals surface area contributed by atoms with Crippen molar-refractivity contribution in [1.29, 1.82) is 0 Å². The van der Waals surface area contributed by atoms with Crippen molar-refractivity contribution in [3.05, 3.63) is 69.8 Å². The molecule has 1 unspecified atom stereocenters. The summed E-state index contributed by atoms with van der Waals surface area (Å²) in [5.74, 6) is 0.441. The first-order valence-electron chi connectivity index (χ1n) is 7.43. The first-order chi connectivity index (χ1) is 12.1. The third-order valence-electron chi connectivity index (χ3n) is 3.64. The standard InChI is InChI=1S/C18H14AsCl2N3O/c20-14-2-1-3-15(21)13(14)8-19-17-18(22)23-9-16(24-17)12-6-4-11(10-25)5-7-12/h1-7,9-10,19H,8H2,(H2,22,23). The quantitative estimate of drug-likeness (QED) is 0.495. The summed E-state index contributed by atoms with van der Waals surface area (Å²) in [6.07, 6.45) is 2.45. The molecule has 0 saturated heterocycles. The number of rotatable bonds is 5. The fraction of sp³-hybridized carbons (Fsp3) is 0.0556. The van der Waals surface area contributed by atoms with Gasteiger partial charge in [-0.1, -0.05) is 0 Å². The van der Waals surface area contributed by atoms with Crippen molar-refractivity contribution in [3.63, 3.8) is 0 Å². The zero-order valence-corrected chi connectivity index (χ0v) is 16.6. The van der Waals surface area contributed by atoms with Gasteiger partial charge in [0.05, 0.1) is 0 Å². The Balaban J connectivity index is 1.85. The molecule has 0 fully saturated rings. The monoisotopic (exact) mass is 433 g/mol. The van der Waals surface area contributed by atoms with E-state index < -0.39 is 15.8 Å². The molecule has 0 aliphatic carbocycles. The maximum atomic E-state index is 10.8. The van der Waals surface area contributed by atoms with Crippen molar-refractivity contribution in [2.75, 3.05) is 5.73 Å². The molecule has 1 atom stereocenters. The van der Waals surface area contributed by atoms with E-state index in [4.69, 9.17) is 28.9 Å². The van der Waals surface area contributed by atoms with Crippen LogP contribution in [0.4, 0.5) is 5.82 Å². The minimum atomic E-state index is -0.702. The Kier molecular flexibility index (Phi) is 5.74. The average Bonchev–Trinajstić information content (AvgIpc) is 2.63. The van der Waals surface area contributed by atoms with Crippen LogP contribution in [0.25, 0.3) is 11.3 Å². The van der Waals surface area contributed by atoms with Crippen LogP contribution in [0.3, 0.4) is 0 Å². The van der Waals surface area contributed by atoms with Gasteiger partial charge in [0.2, 0.25) is 0 Å². The molecule has 4 nitrogen and oxygen atoms in total. The Labute approximate surface area is 162 Å². The van der Waals surface area contributed by atoms with Crippen LogP contribution >= 0.6 is 23.2 Å². The summed E-state index contributed by atoms with van der Waals surface area (Å²) >= 11 is 11.8. The number of nitrogen functional groups attached to an aromatic ring is 1. The third-order valence-corrected chi connectivity index (χ3v) is 6.93. The average molecular weight is 434 g/mol. The molecule has 7 heteroatoms. The predicted octanol–water partition coefficient (Wildman–Crippen LogP) is 3.11. The molecule has 0 amide bonds. The van der Waals surface area contributed by atoms with Gasteiger partial charge in [-0.25, -0.2) is 0 Å². The van der Waals surface area contributed by atoms with Crippen LogP contribution in [-0.4, -0.2) is 32.0 Å². The summed E-state index contributed by atoms with van der Waals surface area (Å²) in [5.41, 5.74) is 9.16. The molecule has 25 heavy (non-hydrogen) atoms. The molecular formula is C18H14AsCl2N3O. The molecule has 0 saturated carbocycles. The number of benzene rings is 2. The van der Waals surface area contributed by atoms with Crippen molar-refractivity contribution in [2.24, 2.45) is 0 Å². The molecule has 0 aliphatic rings. The first kappa shape index (κ1) is 17.9. The van der Waals surface area contributed by atoms with Gasteiger partial charge in [-0.15, -0.1) is 0 Å². The first-order valence-corrected chi connectivity index (χ1v) is 10.7. The van der Waals surface area contributed by atoms with Crippen molar-refractivity contribution in [1.82, 2.24) is 9.97 Å². The summed E-state index contributed by atoms with van der Waals surface area (Å²) in [7, 11) is 0. The van der Waals surface area contributed by atoms with E-state index in [1.165, 1.54) is 0 Å². The molecule has 126 valence electrons. The molecule has 1 aromatic heterocycles. The molecule has 0 spiro atoms. The second-order valence-electron chi connectivity index (χ2n) is 5.28. The number of aromatic nitrogens is 2. The Morgan fingerprint density at radius 3 is 2.40 bits per heavy atom. The van der Waals surface area contributed by atoms with Crippen molar-refractivity contribution < 1.29 is 4.79 Å². The number of hydrogen-bond donors (Lipinski definition) is 1. The topological polar surface area (TPSA) is 68.9 Å². The Morgan fingerprint density at radius 1 is 1.08 bits per heavy atom. The number of carbonyl (C=O) groups excluding carboxylic acids is 1. The molecular weight excluding hydrogens is 420 g/mol. The van der Waals surface area contributed by atoms with Crippen LogP contribution < -0.4 is 10.2 Å². The van der Waals surface area contributed by atoms with Crippen LogP contribution in [0.1, 0.15) is 15.9 Å². The maximum absolute atomic E-state index is 10.8. The summed E-state index contributed by atoms with van der Waals surface area (Å²) < 4.78 is 0.813. The zero-order valence-electron chi connectivity index (χ0n) is 13.0. The molecule has 0 bridgehead atoms. The summed E-state index contributed by atoms with van der Waals surface area (Å²) in [4.78, 5) is 19.7. The number of anilines is 1. The van der Waals surface area contributed by atoms with Crippen LogP contribution in [-0.2, 0) is 5.21 Å². The molecule has 0 aliphatic heterocycles. The van der Waals surface area contributed by atoms with Gasteiger partial charge in [0, 0.05) is 0 Å². The van der Waals surface area contributed by atoms with Gasteiger partial charge in [0.25, 0.3) is 0 Å². The van der Waals surface area contributed by atoms with Crippen LogP contribution in [0.2, 0.25) is 10.0 Å². The van der Waals surface area contributed by atoms with E-state index in [1.54, 1.807) is 18.3 Å². The van der Waals surface area contributed by atoms with E-state index in [0.29, 0.717) is 21.4 Å². The Bertz CT molecular complexity index is 896. The van der Waals surface area contributed by atoms with E-state index in [2.05, 4.69) is 9.97 Å². The van der Waals surface area contributed by atoms with E-state index >= 15 is 0 Å². The Morgan fingerprint density at radius 2 is 1.76 bits per heavy atom. The van der Waals surface area contributed by atoms with Crippen molar-refractivity contribution in [2.45, 2.75) is 5.21 Å². The Hall–Kier alpha value is -1.87. The molecule has 1 heterocycles. The number of hydrogen-bond acceptors (Lipinski definition) is 4. The minimum absolute atomic E-state index is 0.441. The van der Waals surface area contributed by atoms with Crippen molar-refractivity contribution >= 4 is 55.5 Å². The summed E-state index contributed by atoms with van der Waals surface area (Å²) in [6.45, 7) is 0. The summed E-state index contributed by atoms with van der Waals surface area (Å²) in [6, 6.07) is 12.7. The number of aldehydes is 1. The van der Waals surface area contributed by atoms with Gasteiger partial charge in [-0.3, -0.25) is 0 Å². The number of nitrogens with zero attached hydrogens (tertiary/aromatic N) is 2. The number of nitrogens with two attached hydrogens (primary N) is 1. The number of carbonyl (C=O) groups is 1. The zero-order chi connectivity index (χ0) is 17.8.